The summed E-state index contributed by atoms with van der Waals surface area (Å²) in [4.78, 5) is 26.3. The third-order valence-corrected chi connectivity index (χ3v) is 6.07. The van der Waals surface area contributed by atoms with Crippen LogP contribution < -0.4 is 10.2 Å². The summed E-state index contributed by atoms with van der Waals surface area (Å²) in [5, 5.41) is 1.23. The number of ketones is 1. The van der Waals surface area contributed by atoms with E-state index in [4.69, 9.17) is 13.6 Å². The first-order valence-electron chi connectivity index (χ1n) is 11.5. The van der Waals surface area contributed by atoms with Crippen LogP contribution in [-0.2, 0) is 5.41 Å². The van der Waals surface area contributed by atoms with Crippen LogP contribution in [0, 0.1) is 6.92 Å². The molecule has 35 heavy (non-hydrogen) atoms. The summed E-state index contributed by atoms with van der Waals surface area (Å²) in [6.07, 6.45) is 0. The Labute approximate surface area is 202 Å². The lowest BCUT2D eigenvalue weighted by Gasteiger charge is -2.19. The first kappa shape index (κ1) is 22.7. The van der Waals surface area contributed by atoms with Gasteiger partial charge in [-0.1, -0.05) is 69.3 Å². The number of hydrogen-bond donors (Lipinski definition) is 0. The first-order valence-corrected chi connectivity index (χ1v) is 11.5. The van der Waals surface area contributed by atoms with Crippen LogP contribution in [-0.4, -0.2) is 12.4 Å². The van der Waals surface area contributed by atoms with Crippen molar-refractivity contribution in [2.75, 3.05) is 6.61 Å². The smallest absolute Gasteiger partial charge is 0.235 e. The predicted molar refractivity (Wildman–Crippen MR) is 137 cm³/mol. The third-order valence-electron chi connectivity index (χ3n) is 6.07. The van der Waals surface area contributed by atoms with E-state index < -0.39 is 0 Å². The Hall–Kier alpha value is -4.12. The maximum absolute atomic E-state index is 13.4. The minimum absolute atomic E-state index is 0.00863. The summed E-state index contributed by atoms with van der Waals surface area (Å²) in [6, 6.07) is 22.3. The SMILES string of the molecule is Cc1ccc2c(=O)c(OCC(=O)c3cc4ccccc4o3)c(-c3ccc(C(C)(C)C)cc3)oc2c1. The van der Waals surface area contributed by atoms with Crippen molar-refractivity contribution < 1.29 is 18.4 Å². The Kier molecular flexibility index (Phi) is 5.56. The van der Waals surface area contributed by atoms with Crippen LogP contribution in [0.1, 0.15) is 42.5 Å². The molecule has 0 unspecified atom stereocenters. The zero-order valence-electron chi connectivity index (χ0n) is 20.2. The summed E-state index contributed by atoms with van der Waals surface area (Å²) in [5.41, 5.74) is 3.59. The second kappa shape index (κ2) is 8.58. The van der Waals surface area contributed by atoms with E-state index in [0.717, 1.165) is 16.5 Å². The van der Waals surface area contributed by atoms with Crippen molar-refractivity contribution >= 4 is 27.7 Å². The number of carbonyl (C=O) groups is 1. The molecule has 176 valence electrons. The largest absolute Gasteiger partial charge is 0.478 e. The number of Topliss-reactive ketones (excluding diaryl/α,β-unsaturated/α-hetero) is 1. The van der Waals surface area contributed by atoms with Crippen molar-refractivity contribution in [3.8, 4) is 17.1 Å². The molecule has 5 nitrogen and oxygen atoms in total. The molecule has 0 N–H and O–H groups in total. The van der Waals surface area contributed by atoms with Crippen molar-refractivity contribution in [1.29, 1.82) is 0 Å². The summed E-state index contributed by atoms with van der Waals surface area (Å²) in [6.45, 7) is 8.00. The average molecular weight is 467 g/mol. The van der Waals surface area contributed by atoms with Gasteiger partial charge in [0.2, 0.25) is 17.0 Å². The quantitative estimate of drug-likeness (QED) is 0.259. The number of hydrogen-bond acceptors (Lipinski definition) is 5. The second-order valence-electron chi connectivity index (χ2n) is 9.78. The molecule has 2 aromatic heterocycles. The van der Waals surface area contributed by atoms with E-state index in [2.05, 4.69) is 20.8 Å². The Morgan fingerprint density at radius 2 is 1.63 bits per heavy atom. The monoisotopic (exact) mass is 466 g/mol. The fourth-order valence-electron chi connectivity index (χ4n) is 4.05. The number of ether oxygens (including phenoxy) is 1. The first-order chi connectivity index (χ1) is 16.7. The molecule has 0 fully saturated rings. The molecule has 2 heterocycles. The van der Waals surface area contributed by atoms with E-state index in [9.17, 15) is 9.59 Å². The van der Waals surface area contributed by atoms with Gasteiger partial charge in [-0.3, -0.25) is 9.59 Å². The predicted octanol–water partition coefficient (Wildman–Crippen LogP) is 7.07. The lowest BCUT2D eigenvalue weighted by atomic mass is 9.86. The molecular formula is C30H26O5. The maximum Gasteiger partial charge on any atom is 0.235 e. The highest BCUT2D eigenvalue weighted by Gasteiger charge is 2.21. The van der Waals surface area contributed by atoms with Gasteiger partial charge in [-0.25, -0.2) is 0 Å². The van der Waals surface area contributed by atoms with Gasteiger partial charge in [-0.05, 0) is 47.7 Å². The minimum atomic E-state index is -0.362. The van der Waals surface area contributed by atoms with Crippen molar-refractivity contribution in [3.05, 3.63) is 99.9 Å². The molecule has 5 aromatic rings. The number of carbonyl (C=O) groups excluding carboxylic acids is 1. The van der Waals surface area contributed by atoms with E-state index in [-0.39, 0.29) is 34.7 Å². The standard InChI is InChI=1S/C30H26O5/c1-18-9-14-22-25(15-18)35-28(19-10-12-21(13-11-19)30(2,3)4)29(27(22)32)33-17-23(31)26-16-20-7-5-6-8-24(20)34-26/h5-16H,17H2,1-4H3. The van der Waals surface area contributed by atoms with Gasteiger partial charge in [0.1, 0.15) is 11.2 Å². The van der Waals surface area contributed by atoms with Gasteiger partial charge >= 0.3 is 0 Å². The fraction of sp³-hybridized carbons (Fsp3) is 0.200. The maximum atomic E-state index is 13.4. The van der Waals surface area contributed by atoms with Crippen molar-refractivity contribution in [1.82, 2.24) is 0 Å². The molecule has 3 aromatic carbocycles. The Bertz CT molecular complexity index is 1580. The molecule has 0 aliphatic carbocycles. The molecule has 0 radical (unpaired) electrons. The van der Waals surface area contributed by atoms with Crippen LogP contribution >= 0.6 is 0 Å². The Morgan fingerprint density at radius 1 is 0.886 bits per heavy atom. The van der Waals surface area contributed by atoms with Gasteiger partial charge in [0.15, 0.2) is 18.1 Å². The van der Waals surface area contributed by atoms with Gasteiger partial charge in [0.05, 0.1) is 5.39 Å². The molecule has 0 spiro atoms. The van der Waals surface area contributed by atoms with Crippen LogP contribution in [0.4, 0.5) is 0 Å². The van der Waals surface area contributed by atoms with Crippen molar-refractivity contribution in [2.45, 2.75) is 33.1 Å². The van der Waals surface area contributed by atoms with Crippen molar-refractivity contribution in [2.24, 2.45) is 0 Å². The van der Waals surface area contributed by atoms with Gasteiger partial charge in [-0.2, -0.15) is 0 Å². The molecule has 0 aliphatic heterocycles. The number of furan rings is 1. The third kappa shape index (κ3) is 4.37. The lowest BCUT2D eigenvalue weighted by Crippen LogP contribution is -2.17. The topological polar surface area (TPSA) is 69.7 Å². The summed E-state index contributed by atoms with van der Waals surface area (Å²) < 4.78 is 17.7. The molecular weight excluding hydrogens is 440 g/mol. The molecule has 0 bridgehead atoms. The Balaban J connectivity index is 1.55. The zero-order valence-corrected chi connectivity index (χ0v) is 20.2. The lowest BCUT2D eigenvalue weighted by molar-refractivity contribution is 0.0894. The number of benzene rings is 3. The normalized spacial score (nSPS) is 11.8. The van der Waals surface area contributed by atoms with E-state index in [0.29, 0.717) is 27.9 Å². The molecule has 5 rings (SSSR count). The fourth-order valence-corrected chi connectivity index (χ4v) is 4.05. The number of rotatable bonds is 5. The van der Waals surface area contributed by atoms with E-state index >= 15 is 0 Å². The molecule has 0 aliphatic rings. The van der Waals surface area contributed by atoms with E-state index in [1.54, 1.807) is 18.2 Å². The highest BCUT2D eigenvalue weighted by molar-refractivity contribution is 5.98. The van der Waals surface area contributed by atoms with Gasteiger partial charge < -0.3 is 13.6 Å². The van der Waals surface area contributed by atoms with Crippen LogP contribution in [0.5, 0.6) is 5.75 Å². The minimum Gasteiger partial charge on any atom is -0.478 e. The zero-order chi connectivity index (χ0) is 24.7. The molecule has 0 atom stereocenters. The summed E-state index contributed by atoms with van der Waals surface area (Å²) >= 11 is 0. The van der Waals surface area contributed by atoms with Gasteiger partial charge in [-0.15, -0.1) is 0 Å². The molecule has 0 saturated carbocycles. The second-order valence-corrected chi connectivity index (χ2v) is 9.78. The van der Waals surface area contributed by atoms with Crippen LogP contribution in [0.15, 0.2) is 86.4 Å². The highest BCUT2D eigenvalue weighted by Crippen LogP contribution is 2.33. The number of aryl methyl sites for hydroxylation is 1. The highest BCUT2D eigenvalue weighted by atomic mass is 16.5. The van der Waals surface area contributed by atoms with Crippen LogP contribution in [0.3, 0.4) is 0 Å². The van der Waals surface area contributed by atoms with Crippen LogP contribution in [0.2, 0.25) is 0 Å². The average Bonchev–Trinajstić information content (AvgIpc) is 3.27. The van der Waals surface area contributed by atoms with Gasteiger partial charge in [0, 0.05) is 10.9 Å². The number of fused-ring (bicyclic) bond motifs is 2. The summed E-state index contributed by atoms with van der Waals surface area (Å²) in [7, 11) is 0. The van der Waals surface area contributed by atoms with E-state index in [1.165, 1.54) is 0 Å². The summed E-state index contributed by atoms with van der Waals surface area (Å²) in [5.74, 6) is 0.127. The molecule has 5 heteroatoms. The van der Waals surface area contributed by atoms with Crippen LogP contribution in [0.25, 0.3) is 33.3 Å². The Morgan fingerprint density at radius 3 is 2.34 bits per heavy atom. The van der Waals surface area contributed by atoms with Crippen molar-refractivity contribution in [3.63, 3.8) is 0 Å². The molecule has 0 amide bonds. The van der Waals surface area contributed by atoms with E-state index in [1.807, 2.05) is 61.5 Å². The molecule has 0 saturated heterocycles. The van der Waals surface area contributed by atoms with Gasteiger partial charge in [0.25, 0.3) is 0 Å². The number of para-hydroxylation sites is 1.